The van der Waals surface area contributed by atoms with Crippen LogP contribution in [0.1, 0.15) is 42.6 Å². The summed E-state index contributed by atoms with van der Waals surface area (Å²) in [6, 6.07) is 6.14. The molecule has 1 atom stereocenters. The highest BCUT2D eigenvalue weighted by atomic mass is 19.1. The molecule has 7 nitrogen and oxygen atoms in total. The average Bonchev–Trinajstić information content (AvgIpc) is 3.67. The summed E-state index contributed by atoms with van der Waals surface area (Å²) in [6.45, 7) is 2.93. The number of carbonyl (C=O) groups is 1. The van der Waals surface area contributed by atoms with Crippen molar-refractivity contribution in [3.8, 4) is 5.75 Å². The molecule has 1 fully saturated rings. The third kappa shape index (κ3) is 4.07. The van der Waals surface area contributed by atoms with E-state index in [4.69, 9.17) is 21.2 Å². The van der Waals surface area contributed by atoms with Crippen LogP contribution in [0.25, 0.3) is 5.70 Å². The van der Waals surface area contributed by atoms with E-state index in [0.29, 0.717) is 58.4 Å². The lowest BCUT2D eigenvalue weighted by Gasteiger charge is -2.25. The number of hydrogen-bond acceptors (Lipinski definition) is 7. The molecule has 1 aromatic heterocycles. The van der Waals surface area contributed by atoms with E-state index < -0.39 is 11.9 Å². The molecule has 1 saturated carbocycles. The molecule has 5 N–H and O–H groups in total. The van der Waals surface area contributed by atoms with Crippen LogP contribution in [-0.2, 0) is 4.79 Å². The number of benzene rings is 1. The van der Waals surface area contributed by atoms with Gasteiger partial charge in [0.25, 0.3) is 0 Å². The van der Waals surface area contributed by atoms with Crippen LogP contribution in [-0.4, -0.2) is 29.6 Å². The quantitative estimate of drug-likeness (QED) is 0.593. The Kier molecular flexibility index (Phi) is 5.65. The molecule has 0 unspecified atom stereocenters. The highest BCUT2D eigenvalue weighted by molar-refractivity contribution is 6.34. The minimum atomic E-state index is -0.572. The van der Waals surface area contributed by atoms with Gasteiger partial charge in [0.15, 0.2) is 17.4 Å². The van der Waals surface area contributed by atoms with Crippen molar-refractivity contribution in [3.05, 3.63) is 82.5 Å². The van der Waals surface area contributed by atoms with E-state index in [1.807, 2.05) is 13.0 Å². The van der Waals surface area contributed by atoms with E-state index in [2.05, 4.69) is 10.3 Å². The second-order valence-electron chi connectivity index (χ2n) is 8.71. The fraction of sp³-hybridized carbons (Fsp3) is 0.269. The van der Waals surface area contributed by atoms with Gasteiger partial charge in [-0.15, -0.1) is 0 Å². The van der Waals surface area contributed by atoms with Crippen LogP contribution in [0.3, 0.4) is 0 Å². The molecule has 0 radical (unpaired) electrons. The standard InChI is InChI=1S/C26H26FN5O2/c1-14-20-10-17(27)6-7-18(20)24-19(3-2-8-30-24)25(33)21(11-28)23(31-12-15-4-5-15)16-9-22(34-14)26(29)32-13-16/h2-3,6-7,9-11,13-15,30H,4-5,8,12,28H2,1H3,(H2,29,32)/b21-11+,31-23?/t14-/m1/s1. The molecule has 0 amide bonds. The maximum absolute atomic E-state index is 14.3. The Hall–Kier alpha value is -3.94. The Balaban J connectivity index is 1.77. The largest absolute Gasteiger partial charge is 0.482 e. The van der Waals surface area contributed by atoms with E-state index >= 15 is 0 Å². The van der Waals surface area contributed by atoms with Gasteiger partial charge in [0.2, 0.25) is 0 Å². The predicted molar refractivity (Wildman–Crippen MR) is 130 cm³/mol. The van der Waals surface area contributed by atoms with Crippen LogP contribution in [0, 0.1) is 11.7 Å². The monoisotopic (exact) mass is 459 g/mol. The molecule has 2 aromatic rings. The van der Waals surface area contributed by atoms with Gasteiger partial charge in [-0.1, -0.05) is 12.2 Å². The van der Waals surface area contributed by atoms with E-state index in [-0.39, 0.29) is 17.2 Å². The fourth-order valence-corrected chi connectivity index (χ4v) is 4.24. The minimum absolute atomic E-state index is 0.190. The Morgan fingerprint density at radius 3 is 2.91 bits per heavy atom. The number of ether oxygens (including phenoxy) is 1. The van der Waals surface area contributed by atoms with Crippen LogP contribution >= 0.6 is 0 Å². The molecule has 1 aliphatic carbocycles. The Labute approximate surface area is 197 Å². The number of nitrogens with zero attached hydrogens (tertiary/aromatic N) is 2. The number of carbonyl (C=O) groups excluding carboxylic acids is 1. The summed E-state index contributed by atoms with van der Waals surface area (Å²) in [5.41, 5.74) is 15.7. The van der Waals surface area contributed by atoms with Gasteiger partial charge in [-0.25, -0.2) is 9.37 Å². The number of nitrogens with one attached hydrogen (secondary N) is 1. The van der Waals surface area contributed by atoms with Crippen LogP contribution in [0.15, 0.2) is 65.0 Å². The Bertz CT molecular complexity index is 1290. The highest BCUT2D eigenvalue weighted by Gasteiger charge is 2.29. The first kappa shape index (κ1) is 21.9. The molecule has 3 heterocycles. The summed E-state index contributed by atoms with van der Waals surface area (Å²) in [5, 5.41) is 3.29. The van der Waals surface area contributed by atoms with Crippen LogP contribution in [0.4, 0.5) is 10.2 Å². The van der Waals surface area contributed by atoms with Gasteiger partial charge in [0.05, 0.1) is 17.0 Å². The van der Waals surface area contributed by atoms with Crippen molar-refractivity contribution in [3.63, 3.8) is 0 Å². The van der Waals surface area contributed by atoms with E-state index in [1.54, 1.807) is 24.4 Å². The summed E-state index contributed by atoms with van der Waals surface area (Å²) >= 11 is 0. The lowest BCUT2D eigenvalue weighted by molar-refractivity contribution is -0.111. The summed E-state index contributed by atoms with van der Waals surface area (Å²) in [5.74, 6) is 0.342. The SMILES string of the molecule is C[C@H]1Oc2cc(cnc2N)C(=NCC2CC2)/C(=C\N)C(=O)C2=C(NCC=C2)c2ccc(F)cc21. The number of halogens is 1. The smallest absolute Gasteiger partial charge is 0.198 e. The minimum Gasteiger partial charge on any atom is -0.482 e. The molecule has 1 aromatic carbocycles. The number of nitrogen functional groups attached to an aromatic ring is 1. The Morgan fingerprint density at radius 1 is 1.32 bits per heavy atom. The number of allylic oxidation sites excluding steroid dienone is 3. The molecule has 2 bridgehead atoms. The maximum atomic E-state index is 14.3. The van der Waals surface area contributed by atoms with Crippen molar-refractivity contribution in [2.45, 2.75) is 25.9 Å². The first-order chi connectivity index (χ1) is 16.5. The number of aliphatic imine (C=N–C) groups is 1. The number of fused-ring (bicyclic) bond motifs is 4. The number of dihydropyridines is 1. The van der Waals surface area contributed by atoms with Crippen molar-refractivity contribution < 1.29 is 13.9 Å². The third-order valence-corrected chi connectivity index (χ3v) is 6.25. The van der Waals surface area contributed by atoms with E-state index in [0.717, 1.165) is 12.8 Å². The number of aromatic nitrogens is 1. The Morgan fingerprint density at radius 2 is 2.15 bits per heavy atom. The predicted octanol–water partition coefficient (Wildman–Crippen LogP) is 3.44. The summed E-state index contributed by atoms with van der Waals surface area (Å²) < 4.78 is 20.5. The van der Waals surface area contributed by atoms with Crippen molar-refractivity contribution in [1.29, 1.82) is 0 Å². The molecular weight excluding hydrogens is 433 g/mol. The molecular formula is C26H26FN5O2. The van der Waals surface area contributed by atoms with Gasteiger partial charge in [-0.2, -0.15) is 0 Å². The van der Waals surface area contributed by atoms with E-state index in [1.165, 1.54) is 18.3 Å². The molecule has 174 valence electrons. The maximum Gasteiger partial charge on any atom is 0.198 e. The number of pyridine rings is 1. The molecule has 3 aliphatic rings. The van der Waals surface area contributed by atoms with Gasteiger partial charge in [0.1, 0.15) is 11.9 Å². The van der Waals surface area contributed by atoms with Gasteiger partial charge < -0.3 is 21.5 Å². The summed E-state index contributed by atoms with van der Waals surface area (Å²) in [4.78, 5) is 23.0. The number of ketones is 1. The number of hydrogen-bond donors (Lipinski definition) is 3. The number of nitrogens with two attached hydrogens (primary N) is 2. The average molecular weight is 460 g/mol. The molecule has 2 aliphatic heterocycles. The van der Waals surface area contributed by atoms with Gasteiger partial charge in [-0.05, 0) is 49.9 Å². The van der Waals surface area contributed by atoms with Crippen molar-refractivity contribution in [2.75, 3.05) is 18.8 Å². The molecule has 5 rings (SSSR count). The van der Waals surface area contributed by atoms with Crippen LogP contribution in [0.2, 0.25) is 0 Å². The van der Waals surface area contributed by atoms with Crippen LogP contribution < -0.4 is 21.5 Å². The first-order valence-corrected chi connectivity index (χ1v) is 11.3. The second-order valence-corrected chi connectivity index (χ2v) is 8.71. The summed E-state index contributed by atoms with van der Waals surface area (Å²) in [7, 11) is 0. The second kappa shape index (κ2) is 8.78. The van der Waals surface area contributed by atoms with Gasteiger partial charge in [-0.3, -0.25) is 9.79 Å². The highest BCUT2D eigenvalue weighted by Crippen LogP contribution is 2.35. The zero-order valence-corrected chi connectivity index (χ0v) is 18.8. The number of anilines is 1. The third-order valence-electron chi connectivity index (χ3n) is 6.25. The topological polar surface area (TPSA) is 116 Å². The molecule has 0 spiro atoms. The van der Waals surface area contributed by atoms with Crippen molar-refractivity contribution in [1.82, 2.24) is 10.3 Å². The van der Waals surface area contributed by atoms with Gasteiger partial charge in [0, 0.05) is 47.7 Å². The van der Waals surface area contributed by atoms with E-state index in [9.17, 15) is 9.18 Å². The lowest BCUT2D eigenvalue weighted by atomic mass is 9.89. The molecule has 0 saturated heterocycles. The zero-order chi connectivity index (χ0) is 23.8. The van der Waals surface area contributed by atoms with Crippen molar-refractivity contribution >= 4 is 23.0 Å². The van der Waals surface area contributed by atoms with Gasteiger partial charge >= 0.3 is 0 Å². The fourth-order valence-electron chi connectivity index (χ4n) is 4.24. The molecule has 34 heavy (non-hydrogen) atoms. The number of Topliss-reactive ketones (excluding diaryl/α,β-unsaturated/α-hetero) is 1. The lowest BCUT2D eigenvalue weighted by Crippen LogP contribution is -2.26. The van der Waals surface area contributed by atoms with Crippen LogP contribution in [0.5, 0.6) is 5.75 Å². The molecule has 8 heteroatoms. The van der Waals surface area contributed by atoms with Crippen molar-refractivity contribution in [2.24, 2.45) is 16.6 Å². The zero-order valence-electron chi connectivity index (χ0n) is 18.8. The number of rotatable bonds is 2. The summed E-state index contributed by atoms with van der Waals surface area (Å²) in [6.07, 6.45) is 8.16. The first-order valence-electron chi connectivity index (χ1n) is 11.3. The normalized spacial score (nSPS) is 22.4.